The highest BCUT2D eigenvalue weighted by Gasteiger charge is 2.13. The van der Waals surface area contributed by atoms with Gasteiger partial charge in [0, 0.05) is 23.5 Å². The van der Waals surface area contributed by atoms with Crippen LogP contribution in [0.5, 0.6) is 0 Å². The predicted octanol–water partition coefficient (Wildman–Crippen LogP) is 2.50. The molecule has 0 saturated carbocycles. The lowest BCUT2D eigenvalue weighted by Crippen LogP contribution is -2.12. The summed E-state index contributed by atoms with van der Waals surface area (Å²) >= 11 is 0. The molecular weight excluding hydrogens is 266 g/mol. The third-order valence-corrected chi connectivity index (χ3v) is 3.29. The molecule has 0 radical (unpaired) electrons. The van der Waals surface area contributed by atoms with Crippen LogP contribution in [-0.2, 0) is 0 Å². The fraction of sp³-hybridized carbons (Fsp3) is 0.125. The summed E-state index contributed by atoms with van der Waals surface area (Å²) in [5.41, 5.74) is 2.25. The average Bonchev–Trinajstić information content (AvgIpc) is 2.48. The van der Waals surface area contributed by atoms with Crippen LogP contribution in [0.3, 0.4) is 0 Å². The van der Waals surface area contributed by atoms with Crippen molar-refractivity contribution in [2.75, 3.05) is 0 Å². The Morgan fingerprint density at radius 3 is 2.57 bits per heavy atom. The van der Waals surface area contributed by atoms with Crippen molar-refractivity contribution in [3.8, 4) is 11.4 Å². The molecule has 5 heteroatoms. The number of ketones is 1. The van der Waals surface area contributed by atoms with E-state index in [1.54, 1.807) is 36.7 Å². The second-order valence-electron chi connectivity index (χ2n) is 4.92. The molecule has 3 rings (SSSR count). The molecule has 0 aliphatic rings. The van der Waals surface area contributed by atoms with E-state index in [1.807, 2.05) is 6.92 Å². The van der Waals surface area contributed by atoms with Crippen LogP contribution in [0.4, 0.5) is 0 Å². The van der Waals surface area contributed by atoms with Gasteiger partial charge in [-0.3, -0.25) is 14.6 Å². The number of aromatic nitrogens is 3. The van der Waals surface area contributed by atoms with Crippen LogP contribution in [0.1, 0.15) is 22.8 Å². The Morgan fingerprint density at radius 2 is 1.90 bits per heavy atom. The third-order valence-electron chi connectivity index (χ3n) is 3.29. The number of fused-ring (bicyclic) bond motifs is 1. The van der Waals surface area contributed by atoms with Crippen molar-refractivity contribution < 1.29 is 4.79 Å². The van der Waals surface area contributed by atoms with Gasteiger partial charge in [-0.05, 0) is 43.7 Å². The molecule has 1 aromatic carbocycles. The van der Waals surface area contributed by atoms with E-state index < -0.39 is 0 Å². The maximum atomic E-state index is 12.3. The monoisotopic (exact) mass is 279 g/mol. The smallest absolute Gasteiger partial charge is 0.259 e. The quantitative estimate of drug-likeness (QED) is 0.731. The Kier molecular flexibility index (Phi) is 3.10. The molecule has 0 amide bonds. The first-order valence-electron chi connectivity index (χ1n) is 6.52. The Balaban J connectivity index is 2.38. The van der Waals surface area contributed by atoms with Gasteiger partial charge in [0.05, 0.1) is 10.9 Å². The summed E-state index contributed by atoms with van der Waals surface area (Å²) in [7, 11) is 0. The van der Waals surface area contributed by atoms with Gasteiger partial charge in [-0.15, -0.1) is 0 Å². The number of rotatable bonds is 2. The zero-order chi connectivity index (χ0) is 15.0. The molecule has 0 unspecified atom stereocenters. The molecule has 0 aliphatic carbocycles. The Bertz CT molecular complexity index is 899. The zero-order valence-corrected chi connectivity index (χ0v) is 11.7. The van der Waals surface area contributed by atoms with Crippen LogP contribution < -0.4 is 5.56 Å². The normalized spacial score (nSPS) is 10.8. The molecule has 3 aromatic rings. The topological polar surface area (TPSA) is 75.7 Å². The first-order chi connectivity index (χ1) is 10.1. The highest BCUT2D eigenvalue weighted by molar-refractivity contribution is 6.05. The van der Waals surface area contributed by atoms with E-state index in [0.717, 1.165) is 11.1 Å². The molecule has 0 fully saturated rings. The van der Waals surface area contributed by atoms with Crippen molar-refractivity contribution >= 4 is 16.7 Å². The molecule has 2 aromatic heterocycles. The fourth-order valence-electron chi connectivity index (χ4n) is 2.30. The van der Waals surface area contributed by atoms with E-state index in [9.17, 15) is 9.59 Å². The van der Waals surface area contributed by atoms with Crippen molar-refractivity contribution in [2.45, 2.75) is 13.8 Å². The summed E-state index contributed by atoms with van der Waals surface area (Å²) in [6, 6.07) is 7.01. The van der Waals surface area contributed by atoms with Gasteiger partial charge in [-0.1, -0.05) is 0 Å². The van der Waals surface area contributed by atoms with Gasteiger partial charge in [0.2, 0.25) is 0 Å². The largest absolute Gasteiger partial charge is 0.306 e. The van der Waals surface area contributed by atoms with Gasteiger partial charge in [0.25, 0.3) is 5.56 Å². The number of nitrogens with one attached hydrogen (secondary N) is 1. The van der Waals surface area contributed by atoms with Crippen LogP contribution >= 0.6 is 0 Å². The highest BCUT2D eigenvalue weighted by atomic mass is 16.1. The lowest BCUT2D eigenvalue weighted by molar-refractivity contribution is 0.101. The Labute approximate surface area is 120 Å². The number of Topliss-reactive ketones (excluding diaryl/α,β-unsaturated/α-hetero) is 1. The average molecular weight is 279 g/mol. The molecule has 0 bridgehead atoms. The minimum absolute atomic E-state index is 0.109. The minimum Gasteiger partial charge on any atom is -0.306 e. The van der Waals surface area contributed by atoms with Crippen molar-refractivity contribution in [2.24, 2.45) is 0 Å². The molecule has 0 saturated heterocycles. The van der Waals surface area contributed by atoms with Crippen LogP contribution in [0.25, 0.3) is 22.3 Å². The van der Waals surface area contributed by atoms with E-state index in [4.69, 9.17) is 0 Å². The summed E-state index contributed by atoms with van der Waals surface area (Å²) in [5, 5.41) is 0.429. The van der Waals surface area contributed by atoms with Gasteiger partial charge in [0.1, 0.15) is 5.82 Å². The highest BCUT2D eigenvalue weighted by Crippen LogP contribution is 2.20. The Hall–Kier alpha value is -2.82. The number of carbonyl (C=O) groups excluding carboxylic acids is 1. The number of pyridine rings is 1. The van der Waals surface area contributed by atoms with Crippen LogP contribution in [0.2, 0.25) is 0 Å². The number of carbonyl (C=O) groups is 1. The van der Waals surface area contributed by atoms with Crippen molar-refractivity contribution in [3.63, 3.8) is 0 Å². The number of aryl methyl sites for hydroxylation is 1. The van der Waals surface area contributed by atoms with Crippen LogP contribution in [0, 0.1) is 6.92 Å². The van der Waals surface area contributed by atoms with Crippen LogP contribution in [0.15, 0.2) is 41.5 Å². The number of H-pyrrole nitrogens is 1. The number of hydrogen-bond acceptors (Lipinski definition) is 4. The van der Waals surface area contributed by atoms with Crippen LogP contribution in [-0.4, -0.2) is 20.7 Å². The molecule has 1 N–H and O–H groups in total. The molecule has 2 heterocycles. The summed E-state index contributed by atoms with van der Waals surface area (Å²) in [5.74, 6) is 0.323. The number of aromatic amines is 1. The molecule has 0 aliphatic heterocycles. The first-order valence-corrected chi connectivity index (χ1v) is 6.52. The van der Waals surface area contributed by atoms with Crippen molar-refractivity contribution in [3.05, 3.63) is 58.1 Å². The predicted molar refractivity (Wildman–Crippen MR) is 80.3 cm³/mol. The Morgan fingerprint density at radius 1 is 1.19 bits per heavy atom. The summed E-state index contributed by atoms with van der Waals surface area (Å²) in [6.07, 6.45) is 3.25. The fourth-order valence-corrected chi connectivity index (χ4v) is 2.30. The van der Waals surface area contributed by atoms with E-state index in [1.165, 1.54) is 6.92 Å². The lowest BCUT2D eigenvalue weighted by Gasteiger charge is -2.07. The summed E-state index contributed by atoms with van der Waals surface area (Å²) in [4.78, 5) is 35.2. The maximum absolute atomic E-state index is 12.3. The van der Waals surface area contributed by atoms with Gasteiger partial charge < -0.3 is 4.98 Å². The van der Waals surface area contributed by atoms with E-state index in [-0.39, 0.29) is 11.3 Å². The SMILES string of the molecule is CC(=O)c1cc(C)cc2c(=O)[nH]c(-c3ccncc3)nc12. The van der Waals surface area contributed by atoms with E-state index in [2.05, 4.69) is 15.0 Å². The van der Waals surface area contributed by atoms with Gasteiger partial charge in [0.15, 0.2) is 5.78 Å². The van der Waals surface area contributed by atoms with Crippen molar-refractivity contribution in [1.82, 2.24) is 15.0 Å². The maximum Gasteiger partial charge on any atom is 0.259 e. The van der Waals surface area contributed by atoms with Gasteiger partial charge >= 0.3 is 0 Å². The number of hydrogen-bond donors (Lipinski definition) is 1. The van der Waals surface area contributed by atoms with E-state index in [0.29, 0.717) is 22.3 Å². The molecule has 0 spiro atoms. The molecule has 0 atom stereocenters. The number of benzene rings is 1. The number of nitrogens with zero attached hydrogens (tertiary/aromatic N) is 2. The first kappa shape index (κ1) is 13.2. The molecule has 104 valence electrons. The summed E-state index contributed by atoms with van der Waals surface area (Å²) < 4.78 is 0. The minimum atomic E-state index is -0.252. The molecule has 5 nitrogen and oxygen atoms in total. The van der Waals surface area contributed by atoms with Gasteiger partial charge in [-0.25, -0.2) is 4.98 Å². The third kappa shape index (κ3) is 2.33. The zero-order valence-electron chi connectivity index (χ0n) is 11.7. The summed E-state index contributed by atoms with van der Waals surface area (Å²) in [6.45, 7) is 3.32. The van der Waals surface area contributed by atoms with Crippen molar-refractivity contribution in [1.29, 1.82) is 0 Å². The molecular formula is C16H13N3O2. The standard InChI is InChI=1S/C16H13N3O2/c1-9-7-12(10(2)20)14-13(8-9)16(21)19-15(18-14)11-3-5-17-6-4-11/h3-8H,1-2H3,(H,18,19,21). The lowest BCUT2D eigenvalue weighted by atomic mass is 10.0. The molecule has 21 heavy (non-hydrogen) atoms. The van der Waals surface area contributed by atoms with Gasteiger partial charge in [-0.2, -0.15) is 0 Å². The van der Waals surface area contributed by atoms with E-state index >= 15 is 0 Å². The second-order valence-corrected chi connectivity index (χ2v) is 4.92. The second kappa shape index (κ2) is 4.94.